The van der Waals surface area contributed by atoms with Crippen LogP contribution in [-0.2, 0) is 0 Å². The third kappa shape index (κ3) is 4.79. The highest BCUT2D eigenvalue weighted by Crippen LogP contribution is 2.26. The van der Waals surface area contributed by atoms with Crippen LogP contribution in [-0.4, -0.2) is 21.8 Å². The van der Waals surface area contributed by atoms with E-state index in [0.717, 1.165) is 14.5 Å². The molecule has 4 aromatic rings. The lowest BCUT2D eigenvalue weighted by Crippen LogP contribution is -2.24. The Morgan fingerprint density at radius 3 is 2.50 bits per heavy atom. The normalized spacial score (nSPS) is 11.1. The summed E-state index contributed by atoms with van der Waals surface area (Å²) in [4.78, 5) is 29.8. The lowest BCUT2D eigenvalue weighted by Gasteiger charge is -2.12. The van der Waals surface area contributed by atoms with E-state index in [9.17, 15) is 9.59 Å². The van der Waals surface area contributed by atoms with Crippen molar-refractivity contribution in [1.29, 1.82) is 0 Å². The van der Waals surface area contributed by atoms with Crippen LogP contribution in [0.1, 0.15) is 11.4 Å². The van der Waals surface area contributed by atoms with Gasteiger partial charge in [0.15, 0.2) is 0 Å². The number of halogens is 2. The van der Waals surface area contributed by atoms with Gasteiger partial charge in [0.1, 0.15) is 5.82 Å². The average molecular weight is 555 g/mol. The van der Waals surface area contributed by atoms with Gasteiger partial charge in [-0.25, -0.2) is 15.2 Å². The summed E-state index contributed by atoms with van der Waals surface area (Å²) in [5.41, 5.74) is 4.93. The molecule has 2 amide bonds. The zero-order chi connectivity index (χ0) is 22.7. The summed E-state index contributed by atoms with van der Waals surface area (Å²) < 4.78 is 3.07. The summed E-state index contributed by atoms with van der Waals surface area (Å²) in [5, 5.41) is 7.12. The van der Waals surface area contributed by atoms with Gasteiger partial charge in [0.25, 0.3) is 5.56 Å². The van der Waals surface area contributed by atoms with Crippen LogP contribution in [0, 0.1) is 6.92 Å². The number of rotatable bonds is 4. The van der Waals surface area contributed by atoms with E-state index in [-0.39, 0.29) is 5.56 Å². The largest absolute Gasteiger partial charge is 0.339 e. The van der Waals surface area contributed by atoms with Crippen LogP contribution >= 0.6 is 31.9 Å². The monoisotopic (exact) mass is 553 g/mol. The van der Waals surface area contributed by atoms with Crippen molar-refractivity contribution >= 4 is 60.7 Å². The minimum atomic E-state index is -0.472. The Bertz CT molecular complexity index is 1380. The number of anilines is 1. The van der Waals surface area contributed by atoms with Gasteiger partial charge < -0.3 is 5.32 Å². The van der Waals surface area contributed by atoms with Gasteiger partial charge in [0.2, 0.25) is 0 Å². The maximum absolute atomic E-state index is 13.1. The number of aryl methyl sites for hydroxylation is 1. The number of hydrazone groups is 1. The first-order chi connectivity index (χ1) is 15.4. The van der Waals surface area contributed by atoms with E-state index in [4.69, 9.17) is 0 Å². The van der Waals surface area contributed by atoms with Crippen molar-refractivity contribution in [3.05, 3.63) is 97.4 Å². The lowest BCUT2D eigenvalue weighted by molar-refractivity contribution is 0.252. The fraction of sp³-hybridized carbons (Fsp3) is 0.0435. The number of urea groups is 1. The van der Waals surface area contributed by atoms with Crippen LogP contribution in [0.25, 0.3) is 16.6 Å². The van der Waals surface area contributed by atoms with E-state index < -0.39 is 6.03 Å². The van der Waals surface area contributed by atoms with Gasteiger partial charge in [0, 0.05) is 14.6 Å². The summed E-state index contributed by atoms with van der Waals surface area (Å²) in [7, 11) is 0. The molecule has 0 unspecified atom stereocenters. The first kappa shape index (κ1) is 21.9. The number of hydrogen-bond donors (Lipinski definition) is 2. The molecule has 0 radical (unpaired) electrons. The van der Waals surface area contributed by atoms with E-state index >= 15 is 0 Å². The van der Waals surface area contributed by atoms with Crippen LogP contribution in [0.3, 0.4) is 0 Å². The molecular formula is C23H17Br2N5O2. The number of benzene rings is 3. The second kappa shape index (κ2) is 9.46. The SMILES string of the molecule is Cc1nc2c(Br)cc(Br)cc2c(=O)n1-c1ccc(NC(=O)N/N=C/c2ccccc2)cc1. The maximum atomic E-state index is 13.1. The summed E-state index contributed by atoms with van der Waals surface area (Å²) in [6.07, 6.45) is 1.56. The number of carbonyl (C=O) groups excluding carboxylic acids is 1. The molecule has 9 heteroatoms. The minimum absolute atomic E-state index is 0.178. The molecule has 2 N–H and O–H groups in total. The predicted octanol–water partition coefficient (Wildman–Crippen LogP) is 5.37. The van der Waals surface area contributed by atoms with E-state index in [0.29, 0.717) is 28.1 Å². The van der Waals surface area contributed by atoms with Crippen molar-refractivity contribution < 1.29 is 4.79 Å². The Morgan fingerprint density at radius 2 is 1.78 bits per heavy atom. The first-order valence-corrected chi connectivity index (χ1v) is 11.1. The molecule has 0 atom stereocenters. The van der Waals surface area contributed by atoms with Gasteiger partial charge in [-0.3, -0.25) is 9.36 Å². The number of hydrogen-bond acceptors (Lipinski definition) is 4. The third-order valence-electron chi connectivity index (χ3n) is 4.62. The predicted molar refractivity (Wildman–Crippen MR) is 134 cm³/mol. The molecule has 0 saturated carbocycles. The van der Waals surface area contributed by atoms with Gasteiger partial charge >= 0.3 is 6.03 Å². The zero-order valence-corrected chi connectivity index (χ0v) is 20.0. The molecule has 3 aromatic carbocycles. The molecule has 0 saturated heterocycles. The van der Waals surface area contributed by atoms with Gasteiger partial charge in [-0.2, -0.15) is 5.10 Å². The number of fused-ring (bicyclic) bond motifs is 1. The molecular weight excluding hydrogens is 538 g/mol. The number of aromatic nitrogens is 2. The second-order valence-corrected chi connectivity index (χ2v) is 8.64. The molecule has 0 aliphatic rings. The van der Waals surface area contributed by atoms with Crippen molar-refractivity contribution in [3.8, 4) is 5.69 Å². The average Bonchev–Trinajstić information content (AvgIpc) is 2.77. The van der Waals surface area contributed by atoms with Crippen LogP contribution in [0.2, 0.25) is 0 Å². The van der Waals surface area contributed by atoms with E-state index in [2.05, 4.69) is 52.7 Å². The topological polar surface area (TPSA) is 88.4 Å². The fourth-order valence-electron chi connectivity index (χ4n) is 3.18. The maximum Gasteiger partial charge on any atom is 0.339 e. The van der Waals surface area contributed by atoms with Gasteiger partial charge in [0.05, 0.1) is 22.8 Å². The quantitative estimate of drug-likeness (QED) is 0.262. The summed E-state index contributed by atoms with van der Waals surface area (Å²) in [6, 6.07) is 19.5. The number of carbonyl (C=O) groups is 1. The molecule has 7 nitrogen and oxygen atoms in total. The molecule has 1 aromatic heterocycles. The van der Waals surface area contributed by atoms with Gasteiger partial charge in [-0.15, -0.1) is 0 Å². The van der Waals surface area contributed by atoms with Crippen molar-refractivity contribution in [1.82, 2.24) is 15.0 Å². The summed E-state index contributed by atoms with van der Waals surface area (Å²) >= 11 is 6.88. The molecule has 0 bridgehead atoms. The van der Waals surface area contributed by atoms with Crippen molar-refractivity contribution in [2.24, 2.45) is 5.10 Å². The molecule has 32 heavy (non-hydrogen) atoms. The molecule has 160 valence electrons. The lowest BCUT2D eigenvalue weighted by atomic mass is 10.2. The highest BCUT2D eigenvalue weighted by molar-refractivity contribution is 9.11. The third-order valence-corrected chi connectivity index (χ3v) is 5.68. The Morgan fingerprint density at radius 1 is 1.06 bits per heavy atom. The Kier molecular flexibility index (Phi) is 6.48. The molecule has 4 rings (SSSR count). The van der Waals surface area contributed by atoms with Crippen molar-refractivity contribution in [3.63, 3.8) is 0 Å². The Balaban J connectivity index is 1.53. The van der Waals surface area contributed by atoms with Gasteiger partial charge in [-0.1, -0.05) is 46.3 Å². The fourth-order valence-corrected chi connectivity index (χ4v) is 4.50. The minimum Gasteiger partial charge on any atom is -0.307 e. The number of amides is 2. The second-order valence-electron chi connectivity index (χ2n) is 6.87. The molecule has 0 fully saturated rings. The summed E-state index contributed by atoms with van der Waals surface area (Å²) in [6.45, 7) is 1.78. The smallest absolute Gasteiger partial charge is 0.307 e. The number of nitrogens with one attached hydrogen (secondary N) is 2. The molecule has 0 aliphatic heterocycles. The standard InChI is InChI=1S/C23H17Br2N5O2/c1-14-27-21-19(11-16(24)12-20(21)25)22(31)30(14)18-9-7-17(8-10-18)28-23(32)29-26-13-15-5-3-2-4-6-15/h2-13H,1H3,(H2,28,29,32)/b26-13+. The van der Waals surface area contributed by atoms with Crippen molar-refractivity contribution in [2.45, 2.75) is 6.92 Å². The van der Waals surface area contributed by atoms with Crippen LogP contribution in [0.4, 0.5) is 10.5 Å². The van der Waals surface area contributed by atoms with Crippen LogP contribution in [0.15, 0.2) is 85.6 Å². The molecule has 1 heterocycles. The summed E-state index contributed by atoms with van der Waals surface area (Å²) in [5.74, 6) is 0.555. The Labute approximate surface area is 200 Å². The molecule has 0 aliphatic carbocycles. The molecule has 0 spiro atoms. The first-order valence-electron chi connectivity index (χ1n) is 9.56. The van der Waals surface area contributed by atoms with E-state index in [1.807, 2.05) is 36.4 Å². The van der Waals surface area contributed by atoms with Crippen LogP contribution < -0.4 is 16.3 Å². The van der Waals surface area contributed by atoms with Crippen LogP contribution in [0.5, 0.6) is 0 Å². The van der Waals surface area contributed by atoms with E-state index in [1.54, 1.807) is 43.5 Å². The zero-order valence-electron chi connectivity index (χ0n) is 16.8. The number of nitrogens with zero attached hydrogens (tertiary/aromatic N) is 3. The highest BCUT2D eigenvalue weighted by atomic mass is 79.9. The highest BCUT2D eigenvalue weighted by Gasteiger charge is 2.13. The van der Waals surface area contributed by atoms with Gasteiger partial charge in [-0.05, 0) is 64.8 Å². The Hall–Kier alpha value is -3.30. The van der Waals surface area contributed by atoms with E-state index in [1.165, 1.54) is 4.57 Å². The van der Waals surface area contributed by atoms with Crippen molar-refractivity contribution in [2.75, 3.05) is 5.32 Å².